The minimum atomic E-state index is 0.320. The maximum atomic E-state index is 5.94. The molecule has 2 aliphatic heterocycles. The molecule has 2 saturated heterocycles. The van der Waals surface area contributed by atoms with Crippen molar-refractivity contribution in [2.75, 3.05) is 7.05 Å². The van der Waals surface area contributed by atoms with Gasteiger partial charge in [-0.1, -0.05) is 0 Å². The number of nitrogens with zero attached hydrogens (tertiary/aromatic N) is 3. The highest BCUT2D eigenvalue weighted by molar-refractivity contribution is 5.11. The minimum absolute atomic E-state index is 0.320. The Balaban J connectivity index is 1.65. The molecule has 92 valence electrons. The highest BCUT2D eigenvalue weighted by Gasteiger charge is 2.39. The van der Waals surface area contributed by atoms with E-state index in [4.69, 9.17) is 4.74 Å². The maximum absolute atomic E-state index is 5.94. The predicted molar refractivity (Wildman–Crippen MR) is 65.0 cm³/mol. The van der Waals surface area contributed by atoms with Crippen molar-refractivity contribution < 1.29 is 4.74 Å². The number of aromatic nitrogens is 2. The molecule has 0 saturated carbocycles. The molecule has 0 N–H and O–H groups in total. The molecule has 0 spiro atoms. The van der Waals surface area contributed by atoms with E-state index in [-0.39, 0.29) is 0 Å². The molecule has 1 aromatic rings. The van der Waals surface area contributed by atoms with Crippen LogP contribution in [0.2, 0.25) is 0 Å². The second kappa shape index (κ2) is 4.26. The van der Waals surface area contributed by atoms with Crippen LogP contribution in [0.5, 0.6) is 5.88 Å². The second-order valence-corrected chi connectivity index (χ2v) is 5.27. The first-order chi connectivity index (χ1) is 8.22. The fraction of sp³-hybridized carbons (Fsp3) is 0.692. The van der Waals surface area contributed by atoms with Gasteiger partial charge in [-0.3, -0.25) is 0 Å². The molecule has 4 heteroatoms. The lowest BCUT2D eigenvalue weighted by Gasteiger charge is -2.35. The monoisotopic (exact) mass is 233 g/mol. The average molecular weight is 233 g/mol. The van der Waals surface area contributed by atoms with Gasteiger partial charge >= 0.3 is 0 Å². The fourth-order valence-electron chi connectivity index (χ4n) is 3.08. The Labute approximate surface area is 102 Å². The zero-order chi connectivity index (χ0) is 11.8. The molecule has 2 unspecified atom stereocenters. The Morgan fingerprint density at radius 3 is 2.47 bits per heavy atom. The number of rotatable bonds is 2. The Morgan fingerprint density at radius 2 is 1.88 bits per heavy atom. The van der Waals surface area contributed by atoms with Gasteiger partial charge in [-0.2, -0.15) is 5.10 Å². The summed E-state index contributed by atoms with van der Waals surface area (Å²) in [6.45, 7) is 1.94. The summed E-state index contributed by atoms with van der Waals surface area (Å²) in [6.07, 6.45) is 5.22. The third-order valence-electron chi connectivity index (χ3n) is 4.12. The van der Waals surface area contributed by atoms with Crippen LogP contribution < -0.4 is 4.74 Å². The van der Waals surface area contributed by atoms with Crippen molar-refractivity contribution in [2.24, 2.45) is 0 Å². The number of hydrogen-bond donors (Lipinski definition) is 0. The van der Waals surface area contributed by atoms with Crippen LogP contribution in [-0.4, -0.2) is 40.3 Å². The summed E-state index contributed by atoms with van der Waals surface area (Å²) >= 11 is 0. The summed E-state index contributed by atoms with van der Waals surface area (Å²) < 4.78 is 5.94. The molecule has 2 fully saturated rings. The van der Waals surface area contributed by atoms with Crippen LogP contribution in [0.4, 0.5) is 0 Å². The first-order valence-electron chi connectivity index (χ1n) is 6.41. The molecule has 1 aromatic heterocycles. The quantitative estimate of drug-likeness (QED) is 0.780. The topological polar surface area (TPSA) is 38.2 Å². The largest absolute Gasteiger partial charge is 0.473 e. The van der Waals surface area contributed by atoms with E-state index < -0.39 is 0 Å². The van der Waals surface area contributed by atoms with Crippen molar-refractivity contribution in [1.29, 1.82) is 0 Å². The van der Waals surface area contributed by atoms with E-state index in [1.165, 1.54) is 12.8 Å². The molecule has 3 heterocycles. The van der Waals surface area contributed by atoms with Crippen molar-refractivity contribution in [3.63, 3.8) is 0 Å². The summed E-state index contributed by atoms with van der Waals surface area (Å²) in [6, 6.07) is 5.28. The number of ether oxygens (including phenoxy) is 1. The molecule has 17 heavy (non-hydrogen) atoms. The Morgan fingerprint density at radius 1 is 1.18 bits per heavy atom. The van der Waals surface area contributed by atoms with E-state index in [1.807, 2.05) is 19.1 Å². The Kier molecular flexibility index (Phi) is 2.74. The maximum Gasteiger partial charge on any atom is 0.233 e. The number of hydrogen-bond acceptors (Lipinski definition) is 4. The van der Waals surface area contributed by atoms with Gasteiger partial charge in [0.1, 0.15) is 6.10 Å². The molecule has 2 atom stereocenters. The van der Waals surface area contributed by atoms with Gasteiger partial charge in [0.25, 0.3) is 0 Å². The number of aryl methyl sites for hydroxylation is 1. The number of fused-ring (bicyclic) bond motifs is 2. The highest BCUT2D eigenvalue weighted by atomic mass is 16.5. The van der Waals surface area contributed by atoms with Crippen molar-refractivity contribution in [3.05, 3.63) is 17.8 Å². The molecular formula is C13H19N3O. The Hall–Kier alpha value is -1.16. The average Bonchev–Trinajstić information content (AvgIpc) is 2.55. The van der Waals surface area contributed by atoms with Gasteiger partial charge in [0, 0.05) is 18.2 Å². The third kappa shape index (κ3) is 2.14. The molecule has 0 aromatic carbocycles. The predicted octanol–water partition coefficient (Wildman–Crippen LogP) is 1.79. The normalized spacial score (nSPS) is 32.7. The van der Waals surface area contributed by atoms with Gasteiger partial charge in [0.2, 0.25) is 5.88 Å². The van der Waals surface area contributed by atoms with Crippen LogP contribution in [0.3, 0.4) is 0 Å². The Bertz CT molecular complexity index is 378. The van der Waals surface area contributed by atoms with Gasteiger partial charge in [-0.25, -0.2) is 0 Å². The molecule has 0 amide bonds. The van der Waals surface area contributed by atoms with E-state index in [1.54, 1.807) is 0 Å². The standard InChI is InChI=1S/C13H19N3O/c1-9-3-6-13(15-14-9)17-12-7-10-4-5-11(8-12)16(10)2/h3,6,10-12H,4-5,7-8H2,1-2H3. The van der Waals surface area contributed by atoms with Gasteiger partial charge in [-0.05, 0) is 45.7 Å². The molecule has 4 nitrogen and oxygen atoms in total. The molecular weight excluding hydrogens is 214 g/mol. The minimum Gasteiger partial charge on any atom is -0.473 e. The smallest absolute Gasteiger partial charge is 0.233 e. The van der Waals surface area contributed by atoms with Crippen LogP contribution in [-0.2, 0) is 0 Å². The lowest BCUT2D eigenvalue weighted by Crippen LogP contribution is -2.43. The van der Waals surface area contributed by atoms with E-state index in [2.05, 4.69) is 22.1 Å². The molecule has 2 aliphatic rings. The zero-order valence-electron chi connectivity index (χ0n) is 10.5. The summed E-state index contributed by atoms with van der Waals surface area (Å²) in [5.74, 6) is 0.671. The van der Waals surface area contributed by atoms with Crippen LogP contribution in [0, 0.1) is 6.92 Å². The van der Waals surface area contributed by atoms with Gasteiger partial charge in [0.05, 0.1) is 5.69 Å². The van der Waals surface area contributed by atoms with E-state index >= 15 is 0 Å². The first-order valence-corrected chi connectivity index (χ1v) is 6.41. The molecule has 0 aliphatic carbocycles. The number of piperidine rings is 1. The van der Waals surface area contributed by atoms with Crippen molar-refractivity contribution in [1.82, 2.24) is 15.1 Å². The van der Waals surface area contributed by atoms with Gasteiger partial charge in [-0.15, -0.1) is 5.10 Å². The van der Waals surface area contributed by atoms with Crippen LogP contribution in [0.15, 0.2) is 12.1 Å². The molecule has 0 radical (unpaired) electrons. The highest BCUT2D eigenvalue weighted by Crippen LogP contribution is 2.35. The van der Waals surface area contributed by atoms with E-state index in [0.717, 1.165) is 18.5 Å². The second-order valence-electron chi connectivity index (χ2n) is 5.27. The van der Waals surface area contributed by atoms with E-state index in [0.29, 0.717) is 24.1 Å². The zero-order valence-corrected chi connectivity index (χ0v) is 10.5. The van der Waals surface area contributed by atoms with Gasteiger partial charge in [0.15, 0.2) is 0 Å². The molecule has 3 rings (SSSR count). The van der Waals surface area contributed by atoms with E-state index in [9.17, 15) is 0 Å². The van der Waals surface area contributed by atoms with Crippen molar-refractivity contribution in [2.45, 2.75) is 50.8 Å². The van der Waals surface area contributed by atoms with Crippen molar-refractivity contribution in [3.8, 4) is 5.88 Å². The summed E-state index contributed by atoms with van der Waals surface area (Å²) in [4.78, 5) is 2.51. The summed E-state index contributed by atoms with van der Waals surface area (Å²) in [5, 5.41) is 8.10. The lowest BCUT2D eigenvalue weighted by atomic mass is 10.0. The van der Waals surface area contributed by atoms with Crippen molar-refractivity contribution >= 4 is 0 Å². The third-order valence-corrected chi connectivity index (χ3v) is 4.12. The van der Waals surface area contributed by atoms with Gasteiger partial charge < -0.3 is 9.64 Å². The lowest BCUT2D eigenvalue weighted by molar-refractivity contribution is 0.0626. The molecule has 2 bridgehead atoms. The SMILES string of the molecule is Cc1ccc(OC2CC3CCC(C2)N3C)nn1. The van der Waals surface area contributed by atoms with Crippen LogP contribution in [0.1, 0.15) is 31.4 Å². The fourth-order valence-corrected chi connectivity index (χ4v) is 3.08. The summed E-state index contributed by atoms with van der Waals surface area (Å²) in [7, 11) is 2.24. The van der Waals surface area contributed by atoms with Crippen LogP contribution >= 0.6 is 0 Å². The van der Waals surface area contributed by atoms with Crippen LogP contribution in [0.25, 0.3) is 0 Å². The summed E-state index contributed by atoms with van der Waals surface area (Å²) in [5.41, 5.74) is 0.931. The first kappa shape index (κ1) is 11.0.